The summed E-state index contributed by atoms with van der Waals surface area (Å²) in [7, 11) is 0. The van der Waals surface area contributed by atoms with Crippen molar-refractivity contribution in [1.82, 2.24) is 9.88 Å². The van der Waals surface area contributed by atoms with Crippen molar-refractivity contribution in [1.29, 1.82) is 0 Å². The molecule has 0 spiro atoms. The lowest BCUT2D eigenvalue weighted by Crippen LogP contribution is -2.47. The van der Waals surface area contributed by atoms with Crippen molar-refractivity contribution < 1.29 is 32.6 Å². The molecule has 1 fully saturated rings. The summed E-state index contributed by atoms with van der Waals surface area (Å²) in [6.07, 6.45) is -4.84. The van der Waals surface area contributed by atoms with E-state index in [-0.39, 0.29) is 5.82 Å². The van der Waals surface area contributed by atoms with Crippen molar-refractivity contribution in [3.8, 4) is 0 Å². The fourth-order valence-corrected chi connectivity index (χ4v) is 4.73. The van der Waals surface area contributed by atoms with Gasteiger partial charge in [-0.15, -0.1) is 0 Å². The molecule has 1 saturated heterocycles. The number of carbonyl (C=O) groups is 2. The molecule has 0 unspecified atom stereocenters. The summed E-state index contributed by atoms with van der Waals surface area (Å²) in [5.41, 5.74) is -0.930. The number of aliphatic carboxylic acids is 1. The smallest absolute Gasteiger partial charge is 0.416 e. The lowest BCUT2D eigenvalue weighted by molar-refractivity contribution is -0.144. The van der Waals surface area contributed by atoms with Gasteiger partial charge < -0.3 is 15.2 Å². The maximum atomic E-state index is 13.3. The number of nitrogens with zero attached hydrogens (tertiary/aromatic N) is 2. The van der Waals surface area contributed by atoms with Gasteiger partial charge in [0.05, 0.1) is 23.8 Å². The Kier molecular flexibility index (Phi) is 7.33. The van der Waals surface area contributed by atoms with Gasteiger partial charge in [0.25, 0.3) is 0 Å². The Morgan fingerprint density at radius 1 is 1.11 bits per heavy atom. The highest BCUT2D eigenvalue weighted by atomic mass is 19.4. The zero-order chi connectivity index (χ0) is 26.1. The number of hydrogen-bond acceptors (Lipinski definition) is 5. The highest BCUT2D eigenvalue weighted by molar-refractivity contribution is 5.82. The summed E-state index contributed by atoms with van der Waals surface area (Å²) in [4.78, 5) is 31.1. The molecular weight excluding hydrogens is 463 g/mol. The van der Waals surface area contributed by atoms with Gasteiger partial charge >= 0.3 is 18.2 Å². The summed E-state index contributed by atoms with van der Waals surface area (Å²) < 4.78 is 45.5. The largest absolute Gasteiger partial charge is 0.480 e. The number of nitrogens with one attached hydrogen (secondary N) is 1. The molecule has 0 aliphatic carbocycles. The number of rotatable bonds is 5. The second-order valence-corrected chi connectivity index (χ2v) is 9.97. The third-order valence-electron chi connectivity index (χ3n) is 6.01. The van der Waals surface area contributed by atoms with Gasteiger partial charge in [0, 0.05) is 12.1 Å². The first-order valence-corrected chi connectivity index (χ1v) is 11.3. The van der Waals surface area contributed by atoms with Crippen LogP contribution in [0.25, 0.3) is 0 Å². The molecular formula is C25H30F3N3O4. The Morgan fingerprint density at radius 3 is 2.26 bits per heavy atom. The van der Waals surface area contributed by atoms with E-state index in [1.807, 2.05) is 20.8 Å². The molecule has 0 saturated carbocycles. The number of ether oxygens (including phenoxy) is 1. The lowest BCUT2D eigenvalue weighted by Gasteiger charge is -2.35. The molecule has 2 heterocycles. The highest BCUT2D eigenvalue weighted by Gasteiger charge is 2.59. The third-order valence-corrected chi connectivity index (χ3v) is 6.01. The van der Waals surface area contributed by atoms with Gasteiger partial charge in [0.15, 0.2) is 0 Å². The number of aromatic nitrogens is 1. The molecule has 1 aromatic heterocycles. The number of hydrogen-bond donors (Lipinski definition) is 2. The second-order valence-electron chi connectivity index (χ2n) is 9.97. The minimum absolute atomic E-state index is 0.0665. The van der Waals surface area contributed by atoms with Crippen LogP contribution in [0.1, 0.15) is 51.8 Å². The molecule has 1 amide bonds. The maximum Gasteiger partial charge on any atom is 0.416 e. The summed E-state index contributed by atoms with van der Waals surface area (Å²) >= 11 is 0. The Hall–Kier alpha value is -3.30. The molecule has 3 rings (SSSR count). The first-order chi connectivity index (χ1) is 16.2. The Morgan fingerprint density at radius 2 is 1.74 bits per heavy atom. The highest BCUT2D eigenvalue weighted by Crippen LogP contribution is 2.49. The van der Waals surface area contributed by atoms with Gasteiger partial charge in [-0.1, -0.05) is 51.1 Å². The normalized spacial score (nSPS) is 22.8. The van der Waals surface area contributed by atoms with E-state index in [1.165, 1.54) is 4.90 Å². The fraction of sp³-hybridized carbons (Fsp3) is 0.480. The number of benzene rings is 1. The molecule has 4 atom stereocenters. The van der Waals surface area contributed by atoms with Crippen molar-refractivity contribution in [3.05, 3.63) is 59.8 Å². The minimum Gasteiger partial charge on any atom is -0.480 e. The van der Waals surface area contributed by atoms with E-state index in [1.54, 1.807) is 44.2 Å². The number of likely N-dealkylation sites (tertiary alicyclic amines) is 1. The molecule has 190 valence electrons. The molecule has 35 heavy (non-hydrogen) atoms. The molecule has 1 aromatic carbocycles. The van der Waals surface area contributed by atoms with Crippen molar-refractivity contribution in [2.75, 3.05) is 5.32 Å². The van der Waals surface area contributed by atoms with Crippen LogP contribution < -0.4 is 5.32 Å². The van der Waals surface area contributed by atoms with E-state index in [0.717, 1.165) is 18.3 Å². The van der Waals surface area contributed by atoms with Crippen LogP contribution in [-0.2, 0) is 15.7 Å². The number of anilines is 1. The van der Waals surface area contributed by atoms with Gasteiger partial charge in [0.1, 0.15) is 11.9 Å². The van der Waals surface area contributed by atoms with Gasteiger partial charge in [0.2, 0.25) is 0 Å². The molecule has 0 radical (unpaired) electrons. The Labute approximate surface area is 202 Å². The second kappa shape index (κ2) is 9.75. The van der Waals surface area contributed by atoms with Gasteiger partial charge in [-0.05, 0) is 37.0 Å². The summed E-state index contributed by atoms with van der Waals surface area (Å²) in [5.74, 6) is -2.00. The topological polar surface area (TPSA) is 91.8 Å². The number of pyridine rings is 1. The molecule has 1 aliphatic rings. The van der Waals surface area contributed by atoms with Crippen LogP contribution in [0, 0.1) is 11.3 Å². The van der Waals surface area contributed by atoms with E-state index in [9.17, 15) is 27.9 Å². The number of carboxylic acids is 1. The van der Waals surface area contributed by atoms with Crippen molar-refractivity contribution in [2.24, 2.45) is 11.3 Å². The van der Waals surface area contributed by atoms with Gasteiger partial charge in [-0.2, -0.15) is 13.2 Å². The maximum absolute atomic E-state index is 13.3. The van der Waals surface area contributed by atoms with E-state index in [4.69, 9.17) is 4.74 Å². The molecule has 2 aromatic rings. The van der Waals surface area contributed by atoms with Crippen LogP contribution in [0.4, 0.5) is 23.8 Å². The lowest BCUT2D eigenvalue weighted by atomic mass is 9.72. The van der Waals surface area contributed by atoms with Crippen LogP contribution >= 0.6 is 0 Å². The quantitative estimate of drug-likeness (QED) is 0.564. The Balaban J connectivity index is 2.20. The van der Waals surface area contributed by atoms with E-state index < -0.39 is 59.4 Å². The number of carboxylic acid groups (broad SMARTS) is 1. The zero-order valence-electron chi connectivity index (χ0n) is 20.2. The van der Waals surface area contributed by atoms with Crippen LogP contribution in [0.5, 0.6) is 0 Å². The van der Waals surface area contributed by atoms with Crippen LogP contribution in [0.2, 0.25) is 0 Å². The predicted molar refractivity (Wildman–Crippen MR) is 124 cm³/mol. The minimum atomic E-state index is -4.58. The third kappa shape index (κ3) is 5.68. The zero-order valence-corrected chi connectivity index (χ0v) is 20.2. The SMILES string of the molecule is CC(C)OC(=O)N1[C@H](c2ccccc2)[C@H](Nc2cc(C(F)(F)F)ccn2)[C@@H](C(C)(C)C)[C@@H]1C(=O)O. The van der Waals surface area contributed by atoms with Crippen molar-refractivity contribution in [2.45, 2.75) is 65.0 Å². The number of alkyl halides is 3. The summed E-state index contributed by atoms with van der Waals surface area (Å²) in [6, 6.07) is 7.60. The van der Waals surface area contributed by atoms with Crippen molar-refractivity contribution in [3.63, 3.8) is 0 Å². The first kappa shape index (κ1) is 26.3. The monoisotopic (exact) mass is 493 g/mol. The number of carbonyl (C=O) groups excluding carboxylic acids is 1. The molecule has 2 N–H and O–H groups in total. The predicted octanol–water partition coefficient (Wildman–Crippen LogP) is 5.60. The molecule has 7 nitrogen and oxygen atoms in total. The standard InChI is InChI=1S/C25H30F3N3O4/c1-14(2)35-23(34)31-20(15-9-7-6-8-10-15)19(18(24(3,4)5)21(31)22(32)33)30-17-13-16(11-12-29-17)25(26,27)28/h6-14,18-21H,1-5H3,(H,29,30)(H,32,33)/t18-,19-,20-,21-/m1/s1. The van der Waals surface area contributed by atoms with Crippen molar-refractivity contribution >= 4 is 17.9 Å². The fourth-order valence-electron chi connectivity index (χ4n) is 4.73. The van der Waals surface area contributed by atoms with Gasteiger partial charge in [-0.3, -0.25) is 4.90 Å². The van der Waals surface area contributed by atoms with E-state index in [2.05, 4.69) is 10.3 Å². The molecule has 1 aliphatic heterocycles. The Bertz CT molecular complexity index is 1050. The number of halogens is 3. The van der Waals surface area contributed by atoms with Crippen LogP contribution in [0.15, 0.2) is 48.7 Å². The average Bonchev–Trinajstić information content (AvgIpc) is 3.09. The first-order valence-electron chi connectivity index (χ1n) is 11.3. The van der Waals surface area contributed by atoms with Crippen LogP contribution in [0.3, 0.4) is 0 Å². The summed E-state index contributed by atoms with van der Waals surface area (Å²) in [5, 5.41) is 13.3. The number of amides is 1. The van der Waals surface area contributed by atoms with Crippen LogP contribution in [-0.4, -0.2) is 45.2 Å². The van der Waals surface area contributed by atoms with Gasteiger partial charge in [-0.25, -0.2) is 14.6 Å². The summed E-state index contributed by atoms with van der Waals surface area (Å²) in [6.45, 7) is 8.82. The average molecular weight is 494 g/mol. The molecule has 0 bridgehead atoms. The molecule has 10 heteroatoms. The van der Waals surface area contributed by atoms with E-state index in [0.29, 0.717) is 5.56 Å². The van der Waals surface area contributed by atoms with E-state index >= 15 is 0 Å².